The Kier molecular flexibility index (Phi) is 5.73. The Morgan fingerprint density at radius 2 is 2.09 bits per heavy atom. The molecule has 1 aromatic rings. The van der Waals surface area contributed by atoms with Crippen molar-refractivity contribution < 1.29 is 17.9 Å². The van der Waals surface area contributed by atoms with Crippen LogP contribution in [0.25, 0.3) is 0 Å². The Labute approximate surface area is 136 Å². The molecule has 0 radical (unpaired) electrons. The highest BCUT2D eigenvalue weighted by Gasteiger charge is 2.29. The highest BCUT2D eigenvalue weighted by Crippen LogP contribution is 2.18. The van der Waals surface area contributed by atoms with Gasteiger partial charge >= 0.3 is 0 Å². The normalized spacial score (nSPS) is 19.7. The second-order valence-corrected chi connectivity index (χ2v) is 7.45. The topological polar surface area (TPSA) is 88.1 Å². The number of carbonyl (C=O) groups excluding carboxylic acids is 1. The van der Waals surface area contributed by atoms with Gasteiger partial charge in [-0.15, -0.1) is 0 Å². The molecular formula is C15H21N3O4S. The second-order valence-electron chi connectivity index (χ2n) is 5.47. The molecule has 23 heavy (non-hydrogen) atoms. The number of hydrogen-bond acceptors (Lipinski definition) is 5. The number of hydrazone groups is 1. The molecule has 0 spiro atoms. The first-order valence-corrected chi connectivity index (χ1v) is 9.17. The van der Waals surface area contributed by atoms with Gasteiger partial charge in [-0.2, -0.15) is 5.10 Å². The maximum atomic E-state index is 12.1. The van der Waals surface area contributed by atoms with Crippen LogP contribution in [0, 0.1) is 5.92 Å². The number of nitrogens with zero attached hydrogens (tertiary/aromatic N) is 2. The van der Waals surface area contributed by atoms with Gasteiger partial charge in [0.2, 0.25) is 15.9 Å². The van der Waals surface area contributed by atoms with Crippen LogP contribution in [0.5, 0.6) is 5.75 Å². The Bertz CT molecular complexity index is 670. The summed E-state index contributed by atoms with van der Waals surface area (Å²) < 4.78 is 29.5. The number of piperidine rings is 1. The number of hydrogen-bond donors (Lipinski definition) is 1. The Hall–Kier alpha value is -1.93. The molecule has 1 aliphatic heterocycles. The molecule has 1 N–H and O–H groups in total. The molecule has 0 bridgehead atoms. The summed E-state index contributed by atoms with van der Waals surface area (Å²) >= 11 is 0. The zero-order valence-electron chi connectivity index (χ0n) is 13.2. The van der Waals surface area contributed by atoms with Gasteiger partial charge in [-0.05, 0) is 42.7 Å². The van der Waals surface area contributed by atoms with E-state index in [4.69, 9.17) is 4.74 Å². The first-order valence-electron chi connectivity index (χ1n) is 7.32. The van der Waals surface area contributed by atoms with E-state index in [2.05, 4.69) is 10.5 Å². The molecule has 1 amide bonds. The summed E-state index contributed by atoms with van der Waals surface area (Å²) in [5.74, 6) is 0.115. The maximum absolute atomic E-state index is 12.1. The van der Waals surface area contributed by atoms with Gasteiger partial charge in [0.05, 0.1) is 25.5 Å². The van der Waals surface area contributed by atoms with Gasteiger partial charge in [-0.25, -0.2) is 18.1 Å². The zero-order chi connectivity index (χ0) is 16.9. The number of sulfonamides is 1. The SMILES string of the molecule is COc1ccc(/C=N\NC(=O)[C@@H]2CCCN(S(C)(=O)=O)C2)cc1. The van der Waals surface area contributed by atoms with E-state index in [1.54, 1.807) is 19.2 Å². The molecule has 1 fully saturated rings. The van der Waals surface area contributed by atoms with Crippen molar-refractivity contribution >= 4 is 22.1 Å². The molecule has 1 heterocycles. The third kappa shape index (κ3) is 5.04. The summed E-state index contributed by atoms with van der Waals surface area (Å²) in [6, 6.07) is 7.24. The number of nitrogens with one attached hydrogen (secondary N) is 1. The molecule has 8 heteroatoms. The lowest BCUT2D eigenvalue weighted by atomic mass is 9.99. The Morgan fingerprint density at radius 1 is 1.39 bits per heavy atom. The molecule has 0 aromatic heterocycles. The monoisotopic (exact) mass is 339 g/mol. The van der Waals surface area contributed by atoms with E-state index in [0.29, 0.717) is 19.4 Å². The van der Waals surface area contributed by atoms with E-state index in [1.165, 1.54) is 10.5 Å². The van der Waals surface area contributed by atoms with Gasteiger partial charge in [0.25, 0.3) is 0 Å². The van der Waals surface area contributed by atoms with E-state index >= 15 is 0 Å². The smallest absolute Gasteiger partial charge is 0.244 e. The number of amides is 1. The van der Waals surface area contributed by atoms with E-state index < -0.39 is 10.0 Å². The van der Waals surface area contributed by atoms with Crippen LogP contribution in [0.3, 0.4) is 0 Å². The van der Waals surface area contributed by atoms with E-state index in [1.807, 2.05) is 12.1 Å². The van der Waals surface area contributed by atoms with E-state index in [0.717, 1.165) is 17.6 Å². The second kappa shape index (κ2) is 7.56. The third-order valence-corrected chi connectivity index (χ3v) is 5.00. The minimum atomic E-state index is -3.26. The zero-order valence-corrected chi connectivity index (χ0v) is 14.0. The van der Waals surface area contributed by atoms with Crippen molar-refractivity contribution in [3.63, 3.8) is 0 Å². The van der Waals surface area contributed by atoms with Crippen LogP contribution in [-0.4, -0.2) is 51.3 Å². The fourth-order valence-corrected chi connectivity index (χ4v) is 3.32. The van der Waals surface area contributed by atoms with Crippen LogP contribution >= 0.6 is 0 Å². The first-order chi connectivity index (χ1) is 10.9. The van der Waals surface area contributed by atoms with Crippen molar-refractivity contribution in [3.8, 4) is 5.75 Å². The lowest BCUT2D eigenvalue weighted by molar-refractivity contribution is -0.126. The number of rotatable bonds is 5. The van der Waals surface area contributed by atoms with Crippen LogP contribution in [0.1, 0.15) is 18.4 Å². The van der Waals surface area contributed by atoms with Gasteiger partial charge < -0.3 is 4.74 Å². The molecule has 1 saturated heterocycles. The quantitative estimate of drug-likeness (QED) is 0.635. The molecule has 7 nitrogen and oxygen atoms in total. The van der Waals surface area contributed by atoms with Crippen molar-refractivity contribution in [2.75, 3.05) is 26.5 Å². The van der Waals surface area contributed by atoms with Crippen molar-refractivity contribution in [2.45, 2.75) is 12.8 Å². The van der Waals surface area contributed by atoms with Gasteiger partial charge in [0, 0.05) is 13.1 Å². The average Bonchev–Trinajstić information content (AvgIpc) is 2.54. The highest BCUT2D eigenvalue weighted by atomic mass is 32.2. The Morgan fingerprint density at radius 3 is 2.70 bits per heavy atom. The minimum Gasteiger partial charge on any atom is -0.497 e. The summed E-state index contributed by atoms with van der Waals surface area (Å²) in [7, 11) is -1.67. The van der Waals surface area contributed by atoms with E-state index in [-0.39, 0.29) is 18.4 Å². The standard InChI is InChI=1S/C15H21N3O4S/c1-22-14-7-5-12(6-8-14)10-16-17-15(19)13-4-3-9-18(11-13)23(2,20)21/h5-8,10,13H,3-4,9,11H2,1-2H3,(H,17,19)/b16-10-/t13-/m1/s1. The van der Waals surface area contributed by atoms with Gasteiger partial charge in [0.15, 0.2) is 0 Å². The average molecular weight is 339 g/mol. The fraction of sp³-hybridized carbons (Fsp3) is 0.467. The van der Waals surface area contributed by atoms with Crippen molar-refractivity contribution in [2.24, 2.45) is 11.0 Å². The molecule has 2 rings (SSSR count). The molecule has 126 valence electrons. The molecule has 1 aliphatic rings. The fourth-order valence-electron chi connectivity index (χ4n) is 2.41. The lowest BCUT2D eigenvalue weighted by Gasteiger charge is -2.29. The van der Waals surface area contributed by atoms with Gasteiger partial charge in [0.1, 0.15) is 5.75 Å². The summed E-state index contributed by atoms with van der Waals surface area (Å²) in [6.07, 6.45) is 4.03. The first kappa shape index (κ1) is 17.4. The highest BCUT2D eigenvalue weighted by molar-refractivity contribution is 7.88. The Balaban J connectivity index is 1.89. The molecule has 0 aliphatic carbocycles. The predicted octanol–water partition coefficient (Wildman–Crippen LogP) is 0.817. The number of carbonyl (C=O) groups is 1. The summed E-state index contributed by atoms with van der Waals surface area (Å²) in [6.45, 7) is 0.681. The molecule has 1 aromatic carbocycles. The van der Waals surface area contributed by atoms with Crippen molar-refractivity contribution in [1.82, 2.24) is 9.73 Å². The van der Waals surface area contributed by atoms with Crippen LogP contribution in [0.4, 0.5) is 0 Å². The van der Waals surface area contributed by atoms with E-state index in [9.17, 15) is 13.2 Å². The van der Waals surface area contributed by atoms with Crippen LogP contribution in [0.2, 0.25) is 0 Å². The van der Waals surface area contributed by atoms with Crippen LogP contribution < -0.4 is 10.2 Å². The largest absolute Gasteiger partial charge is 0.497 e. The van der Waals surface area contributed by atoms with Crippen LogP contribution in [0.15, 0.2) is 29.4 Å². The number of ether oxygens (including phenoxy) is 1. The number of methoxy groups -OCH3 is 1. The summed E-state index contributed by atoms with van der Waals surface area (Å²) in [5.41, 5.74) is 3.31. The third-order valence-electron chi connectivity index (χ3n) is 3.73. The molecule has 1 atom stereocenters. The molecular weight excluding hydrogens is 318 g/mol. The van der Waals surface area contributed by atoms with Crippen LogP contribution in [-0.2, 0) is 14.8 Å². The molecule has 0 saturated carbocycles. The van der Waals surface area contributed by atoms with Gasteiger partial charge in [-0.3, -0.25) is 4.79 Å². The van der Waals surface area contributed by atoms with Gasteiger partial charge in [-0.1, -0.05) is 0 Å². The lowest BCUT2D eigenvalue weighted by Crippen LogP contribution is -2.44. The van der Waals surface area contributed by atoms with Crippen molar-refractivity contribution in [3.05, 3.63) is 29.8 Å². The summed E-state index contributed by atoms with van der Waals surface area (Å²) in [4.78, 5) is 12.1. The number of benzene rings is 1. The van der Waals surface area contributed by atoms with Crippen molar-refractivity contribution in [1.29, 1.82) is 0 Å². The predicted molar refractivity (Wildman–Crippen MR) is 87.9 cm³/mol. The molecule has 0 unspecified atom stereocenters. The maximum Gasteiger partial charge on any atom is 0.244 e. The minimum absolute atomic E-state index is 0.211. The summed E-state index contributed by atoms with van der Waals surface area (Å²) in [5, 5.41) is 3.93.